The van der Waals surface area contributed by atoms with Gasteiger partial charge in [0.05, 0.1) is 11.4 Å². The SMILES string of the molecule is C(=C1Cc2cccnc2-c2ncccc21)N1CCCCC1. The van der Waals surface area contributed by atoms with Crippen molar-refractivity contribution in [3.63, 3.8) is 0 Å². The molecule has 21 heavy (non-hydrogen) atoms. The highest BCUT2D eigenvalue weighted by Crippen LogP contribution is 2.36. The fourth-order valence-electron chi connectivity index (χ4n) is 3.33. The van der Waals surface area contributed by atoms with E-state index in [4.69, 9.17) is 0 Å². The van der Waals surface area contributed by atoms with Crippen molar-refractivity contribution in [1.82, 2.24) is 14.9 Å². The molecule has 0 N–H and O–H groups in total. The Morgan fingerprint density at radius 3 is 2.52 bits per heavy atom. The smallest absolute Gasteiger partial charge is 0.0964 e. The Balaban J connectivity index is 1.79. The van der Waals surface area contributed by atoms with Crippen molar-refractivity contribution in [2.24, 2.45) is 0 Å². The number of hydrogen-bond acceptors (Lipinski definition) is 3. The Labute approximate surface area is 125 Å². The summed E-state index contributed by atoms with van der Waals surface area (Å²) in [6, 6.07) is 8.39. The third kappa shape index (κ3) is 2.33. The Bertz CT molecular complexity index is 684. The highest BCUT2D eigenvalue weighted by molar-refractivity contribution is 5.84. The van der Waals surface area contributed by atoms with E-state index in [9.17, 15) is 0 Å². The van der Waals surface area contributed by atoms with Gasteiger partial charge in [-0.15, -0.1) is 0 Å². The zero-order valence-corrected chi connectivity index (χ0v) is 12.1. The topological polar surface area (TPSA) is 29.0 Å². The van der Waals surface area contributed by atoms with Gasteiger partial charge in [0.25, 0.3) is 0 Å². The molecule has 3 heterocycles. The quantitative estimate of drug-likeness (QED) is 0.798. The van der Waals surface area contributed by atoms with E-state index in [2.05, 4.69) is 33.2 Å². The summed E-state index contributed by atoms with van der Waals surface area (Å²) < 4.78 is 0. The van der Waals surface area contributed by atoms with Gasteiger partial charge < -0.3 is 4.90 Å². The molecule has 3 nitrogen and oxygen atoms in total. The minimum absolute atomic E-state index is 0.957. The maximum Gasteiger partial charge on any atom is 0.0964 e. The Morgan fingerprint density at radius 1 is 0.905 bits per heavy atom. The lowest BCUT2D eigenvalue weighted by Crippen LogP contribution is -2.25. The number of rotatable bonds is 1. The maximum absolute atomic E-state index is 4.58. The molecule has 1 aliphatic carbocycles. The van der Waals surface area contributed by atoms with Crippen LogP contribution in [-0.2, 0) is 6.42 Å². The third-order valence-electron chi connectivity index (χ3n) is 4.38. The molecule has 0 saturated carbocycles. The van der Waals surface area contributed by atoms with Crippen molar-refractivity contribution in [2.75, 3.05) is 13.1 Å². The largest absolute Gasteiger partial charge is 0.377 e. The molecule has 4 rings (SSSR count). The number of allylic oxidation sites excluding steroid dienone is 1. The monoisotopic (exact) mass is 277 g/mol. The van der Waals surface area contributed by atoms with Crippen LogP contribution in [0.1, 0.15) is 30.4 Å². The molecule has 0 radical (unpaired) electrons. The summed E-state index contributed by atoms with van der Waals surface area (Å²) >= 11 is 0. The van der Waals surface area contributed by atoms with E-state index in [1.54, 1.807) is 0 Å². The lowest BCUT2D eigenvalue weighted by molar-refractivity contribution is 0.310. The van der Waals surface area contributed by atoms with Gasteiger partial charge in [-0.05, 0) is 42.5 Å². The predicted octanol–water partition coefficient (Wildman–Crippen LogP) is 3.53. The summed E-state index contributed by atoms with van der Waals surface area (Å²) in [7, 11) is 0. The molecule has 1 fully saturated rings. The first-order valence-corrected chi connectivity index (χ1v) is 7.76. The van der Waals surface area contributed by atoms with Gasteiger partial charge in [-0.1, -0.05) is 12.1 Å². The summed E-state index contributed by atoms with van der Waals surface area (Å²) in [5, 5.41) is 0. The lowest BCUT2D eigenvalue weighted by Gasteiger charge is -2.28. The average Bonchev–Trinajstić information content (AvgIpc) is 2.56. The van der Waals surface area contributed by atoms with Crippen LogP contribution in [0.4, 0.5) is 0 Å². The van der Waals surface area contributed by atoms with Crippen molar-refractivity contribution in [1.29, 1.82) is 0 Å². The molecule has 2 aromatic rings. The molecular formula is C18H19N3. The number of hydrogen-bond donors (Lipinski definition) is 0. The number of nitrogens with zero attached hydrogens (tertiary/aromatic N) is 3. The summed E-state index contributed by atoms with van der Waals surface area (Å²) in [4.78, 5) is 11.6. The fraction of sp³-hybridized carbons (Fsp3) is 0.333. The van der Waals surface area contributed by atoms with E-state index >= 15 is 0 Å². The normalized spacial score (nSPS) is 19.2. The van der Waals surface area contributed by atoms with Crippen molar-refractivity contribution in [3.8, 4) is 11.4 Å². The van der Waals surface area contributed by atoms with Gasteiger partial charge in [-0.25, -0.2) is 0 Å². The van der Waals surface area contributed by atoms with Gasteiger partial charge in [-0.3, -0.25) is 9.97 Å². The molecule has 3 heteroatoms. The van der Waals surface area contributed by atoms with Crippen LogP contribution in [0.15, 0.2) is 42.9 Å². The van der Waals surface area contributed by atoms with Gasteiger partial charge in [0.1, 0.15) is 0 Å². The minimum Gasteiger partial charge on any atom is -0.377 e. The van der Waals surface area contributed by atoms with Crippen molar-refractivity contribution in [2.45, 2.75) is 25.7 Å². The van der Waals surface area contributed by atoms with E-state index in [0.717, 1.165) is 17.8 Å². The minimum atomic E-state index is 0.957. The molecule has 1 aliphatic heterocycles. The summed E-state index contributed by atoms with van der Waals surface area (Å²) in [5.74, 6) is 0. The molecule has 0 bridgehead atoms. The van der Waals surface area contributed by atoms with E-state index in [1.807, 2.05) is 24.5 Å². The van der Waals surface area contributed by atoms with Crippen LogP contribution in [0.3, 0.4) is 0 Å². The molecule has 0 atom stereocenters. The highest BCUT2D eigenvalue weighted by atomic mass is 15.1. The molecule has 0 amide bonds. The molecule has 106 valence electrons. The van der Waals surface area contributed by atoms with Crippen LogP contribution in [0.5, 0.6) is 0 Å². The zero-order valence-electron chi connectivity index (χ0n) is 12.1. The standard InChI is InChI=1S/C18H19N3/c1-2-10-21(11-3-1)13-15-12-14-6-4-8-19-17(14)18-16(15)7-5-9-20-18/h4-9,13H,1-3,10-12H2. The molecule has 0 spiro atoms. The first kappa shape index (κ1) is 12.6. The number of piperidine rings is 1. The maximum atomic E-state index is 4.58. The zero-order chi connectivity index (χ0) is 14.1. The fourth-order valence-corrected chi connectivity index (χ4v) is 3.33. The molecule has 2 aromatic heterocycles. The molecule has 1 saturated heterocycles. The molecule has 0 aromatic carbocycles. The van der Waals surface area contributed by atoms with Gasteiger partial charge in [0.15, 0.2) is 0 Å². The van der Waals surface area contributed by atoms with Crippen LogP contribution in [0.25, 0.3) is 17.0 Å². The van der Waals surface area contributed by atoms with E-state index in [0.29, 0.717) is 0 Å². The Morgan fingerprint density at radius 2 is 1.67 bits per heavy atom. The number of likely N-dealkylation sites (tertiary alicyclic amines) is 1. The first-order chi connectivity index (χ1) is 10.4. The van der Waals surface area contributed by atoms with Gasteiger partial charge >= 0.3 is 0 Å². The number of fused-ring (bicyclic) bond motifs is 3. The van der Waals surface area contributed by atoms with E-state index in [1.165, 1.54) is 49.1 Å². The number of aromatic nitrogens is 2. The van der Waals surface area contributed by atoms with Gasteiger partial charge in [0, 0.05) is 43.7 Å². The van der Waals surface area contributed by atoms with Crippen LogP contribution in [-0.4, -0.2) is 28.0 Å². The van der Waals surface area contributed by atoms with Crippen molar-refractivity contribution >= 4 is 5.57 Å². The van der Waals surface area contributed by atoms with Crippen LogP contribution < -0.4 is 0 Å². The second-order valence-electron chi connectivity index (χ2n) is 5.84. The summed E-state index contributed by atoms with van der Waals surface area (Å²) in [6.07, 6.45) is 11.0. The van der Waals surface area contributed by atoms with E-state index < -0.39 is 0 Å². The van der Waals surface area contributed by atoms with Crippen molar-refractivity contribution in [3.05, 3.63) is 54.0 Å². The Kier molecular flexibility index (Phi) is 3.18. The first-order valence-electron chi connectivity index (χ1n) is 7.76. The third-order valence-corrected chi connectivity index (χ3v) is 4.38. The van der Waals surface area contributed by atoms with E-state index in [-0.39, 0.29) is 0 Å². The van der Waals surface area contributed by atoms with Crippen molar-refractivity contribution < 1.29 is 0 Å². The van der Waals surface area contributed by atoms with Gasteiger partial charge in [-0.2, -0.15) is 0 Å². The van der Waals surface area contributed by atoms with Crippen LogP contribution in [0.2, 0.25) is 0 Å². The predicted molar refractivity (Wildman–Crippen MR) is 84.6 cm³/mol. The summed E-state index contributed by atoms with van der Waals surface area (Å²) in [6.45, 7) is 2.36. The molecule has 2 aliphatic rings. The number of pyridine rings is 2. The molecular weight excluding hydrogens is 258 g/mol. The highest BCUT2D eigenvalue weighted by Gasteiger charge is 2.22. The Hall–Kier alpha value is -2.16. The van der Waals surface area contributed by atoms with Crippen LogP contribution in [0, 0.1) is 0 Å². The van der Waals surface area contributed by atoms with Gasteiger partial charge in [0.2, 0.25) is 0 Å². The average molecular weight is 277 g/mol. The second kappa shape index (κ2) is 5.32. The second-order valence-corrected chi connectivity index (χ2v) is 5.84. The summed E-state index contributed by atoms with van der Waals surface area (Å²) in [5.41, 5.74) is 5.98. The lowest BCUT2D eigenvalue weighted by atomic mass is 9.88. The van der Waals surface area contributed by atoms with Crippen LogP contribution >= 0.6 is 0 Å². The molecule has 0 unspecified atom stereocenters.